The standard InChI is InChI=1S/C13H20N2S/c1-10-4-3-5-11(2)13(10)15-6-7-16-9-12(15)8-14/h3-5,12H,6-9,14H2,1-2H3. The molecule has 0 aromatic heterocycles. The van der Waals surface area contributed by atoms with E-state index >= 15 is 0 Å². The highest BCUT2D eigenvalue weighted by Gasteiger charge is 2.23. The van der Waals surface area contributed by atoms with Gasteiger partial charge in [-0.15, -0.1) is 0 Å². The summed E-state index contributed by atoms with van der Waals surface area (Å²) in [5.74, 6) is 2.37. The van der Waals surface area contributed by atoms with Gasteiger partial charge in [0.25, 0.3) is 0 Å². The van der Waals surface area contributed by atoms with E-state index in [1.54, 1.807) is 0 Å². The molecule has 1 fully saturated rings. The molecule has 1 heterocycles. The summed E-state index contributed by atoms with van der Waals surface area (Å²) < 4.78 is 0. The number of hydrogen-bond acceptors (Lipinski definition) is 3. The fourth-order valence-corrected chi connectivity index (χ4v) is 3.48. The molecule has 0 spiro atoms. The summed E-state index contributed by atoms with van der Waals surface area (Å²) in [6, 6.07) is 7.01. The molecular weight excluding hydrogens is 216 g/mol. The predicted octanol–water partition coefficient (Wildman–Crippen LogP) is 2.18. The van der Waals surface area contributed by atoms with Crippen molar-refractivity contribution >= 4 is 17.4 Å². The number of anilines is 1. The first-order valence-corrected chi connectivity index (χ1v) is 7.00. The molecule has 1 atom stereocenters. The summed E-state index contributed by atoms with van der Waals surface area (Å²) in [7, 11) is 0. The number of rotatable bonds is 2. The first-order chi connectivity index (χ1) is 7.74. The lowest BCUT2D eigenvalue weighted by atomic mass is 10.1. The van der Waals surface area contributed by atoms with E-state index in [1.807, 2.05) is 11.8 Å². The maximum atomic E-state index is 5.88. The number of nitrogens with zero attached hydrogens (tertiary/aromatic N) is 1. The smallest absolute Gasteiger partial charge is 0.0503 e. The molecule has 88 valence electrons. The molecule has 0 aliphatic carbocycles. The SMILES string of the molecule is Cc1cccc(C)c1N1CCSCC1CN. The molecule has 0 saturated carbocycles. The third-order valence-corrected chi connectivity index (χ3v) is 4.32. The Morgan fingerprint density at radius 3 is 2.69 bits per heavy atom. The Hall–Kier alpha value is -0.670. The van der Waals surface area contributed by atoms with Gasteiger partial charge >= 0.3 is 0 Å². The zero-order valence-corrected chi connectivity index (χ0v) is 10.9. The Morgan fingerprint density at radius 1 is 1.38 bits per heavy atom. The van der Waals surface area contributed by atoms with Gasteiger partial charge in [-0.25, -0.2) is 0 Å². The molecule has 1 aliphatic heterocycles. The van der Waals surface area contributed by atoms with Gasteiger partial charge in [-0.05, 0) is 25.0 Å². The lowest BCUT2D eigenvalue weighted by Gasteiger charge is -2.38. The van der Waals surface area contributed by atoms with E-state index in [2.05, 4.69) is 36.9 Å². The lowest BCUT2D eigenvalue weighted by Crippen LogP contribution is -2.47. The third-order valence-electron chi connectivity index (χ3n) is 3.23. The van der Waals surface area contributed by atoms with Crippen molar-refractivity contribution in [3.05, 3.63) is 29.3 Å². The van der Waals surface area contributed by atoms with E-state index in [-0.39, 0.29) is 0 Å². The molecule has 0 bridgehead atoms. The summed E-state index contributed by atoms with van der Waals surface area (Å²) in [5.41, 5.74) is 10.0. The van der Waals surface area contributed by atoms with Gasteiger partial charge in [0, 0.05) is 30.3 Å². The zero-order chi connectivity index (χ0) is 11.5. The van der Waals surface area contributed by atoms with E-state index in [9.17, 15) is 0 Å². The molecule has 1 aliphatic rings. The second-order valence-electron chi connectivity index (χ2n) is 4.40. The van der Waals surface area contributed by atoms with Crippen molar-refractivity contribution in [2.24, 2.45) is 5.73 Å². The zero-order valence-electron chi connectivity index (χ0n) is 10.1. The van der Waals surface area contributed by atoms with Crippen LogP contribution >= 0.6 is 11.8 Å². The van der Waals surface area contributed by atoms with Crippen molar-refractivity contribution < 1.29 is 0 Å². The van der Waals surface area contributed by atoms with E-state index in [0.29, 0.717) is 6.04 Å². The van der Waals surface area contributed by atoms with E-state index in [1.165, 1.54) is 22.6 Å². The summed E-state index contributed by atoms with van der Waals surface area (Å²) in [6.07, 6.45) is 0. The fourth-order valence-electron chi connectivity index (χ4n) is 2.40. The molecular formula is C13H20N2S. The van der Waals surface area contributed by atoms with Crippen molar-refractivity contribution in [1.29, 1.82) is 0 Å². The molecule has 1 unspecified atom stereocenters. The van der Waals surface area contributed by atoms with Gasteiger partial charge in [0.2, 0.25) is 0 Å². The summed E-state index contributed by atoms with van der Waals surface area (Å²) >= 11 is 2.02. The fraction of sp³-hybridized carbons (Fsp3) is 0.538. The highest BCUT2D eigenvalue weighted by Crippen LogP contribution is 2.29. The van der Waals surface area contributed by atoms with Crippen LogP contribution in [0.3, 0.4) is 0 Å². The Bertz CT molecular complexity index is 345. The minimum atomic E-state index is 0.499. The van der Waals surface area contributed by atoms with Crippen LogP contribution in [0, 0.1) is 13.8 Å². The average molecular weight is 236 g/mol. The Morgan fingerprint density at radius 2 is 2.06 bits per heavy atom. The van der Waals surface area contributed by atoms with Crippen LogP contribution in [-0.4, -0.2) is 30.6 Å². The second kappa shape index (κ2) is 5.11. The van der Waals surface area contributed by atoms with Crippen molar-refractivity contribution in [1.82, 2.24) is 0 Å². The Labute approximate surface area is 102 Å². The molecule has 1 aromatic carbocycles. The summed E-state index contributed by atoms with van der Waals surface area (Å²) in [5, 5.41) is 0. The molecule has 1 aromatic rings. The van der Waals surface area contributed by atoms with Crippen LogP contribution in [0.25, 0.3) is 0 Å². The Kier molecular flexibility index (Phi) is 3.77. The highest BCUT2D eigenvalue weighted by atomic mass is 32.2. The number of nitrogens with two attached hydrogens (primary N) is 1. The third kappa shape index (κ3) is 2.20. The largest absolute Gasteiger partial charge is 0.365 e. The van der Waals surface area contributed by atoms with Crippen molar-refractivity contribution in [2.75, 3.05) is 29.5 Å². The molecule has 2 nitrogen and oxygen atoms in total. The first kappa shape index (κ1) is 11.8. The van der Waals surface area contributed by atoms with Crippen LogP contribution in [0.5, 0.6) is 0 Å². The molecule has 2 N–H and O–H groups in total. The average Bonchev–Trinajstić information content (AvgIpc) is 2.29. The van der Waals surface area contributed by atoms with Crippen LogP contribution in [0.15, 0.2) is 18.2 Å². The number of hydrogen-bond donors (Lipinski definition) is 1. The quantitative estimate of drug-likeness (QED) is 0.853. The second-order valence-corrected chi connectivity index (χ2v) is 5.55. The number of para-hydroxylation sites is 1. The molecule has 0 radical (unpaired) electrons. The maximum Gasteiger partial charge on any atom is 0.0503 e. The molecule has 3 heteroatoms. The van der Waals surface area contributed by atoms with Crippen LogP contribution in [0.1, 0.15) is 11.1 Å². The van der Waals surface area contributed by atoms with Crippen LogP contribution in [-0.2, 0) is 0 Å². The van der Waals surface area contributed by atoms with Crippen LogP contribution in [0.4, 0.5) is 5.69 Å². The van der Waals surface area contributed by atoms with Gasteiger partial charge in [-0.3, -0.25) is 0 Å². The predicted molar refractivity (Wildman–Crippen MR) is 73.4 cm³/mol. The number of benzene rings is 1. The summed E-state index contributed by atoms with van der Waals surface area (Å²) in [4.78, 5) is 2.50. The van der Waals surface area contributed by atoms with Gasteiger partial charge in [0.05, 0.1) is 6.04 Å². The summed E-state index contributed by atoms with van der Waals surface area (Å²) in [6.45, 7) is 6.26. The van der Waals surface area contributed by atoms with Crippen LogP contribution in [0.2, 0.25) is 0 Å². The lowest BCUT2D eigenvalue weighted by molar-refractivity contribution is 0.652. The molecule has 16 heavy (non-hydrogen) atoms. The highest BCUT2D eigenvalue weighted by molar-refractivity contribution is 7.99. The molecule has 1 saturated heterocycles. The van der Waals surface area contributed by atoms with E-state index < -0.39 is 0 Å². The minimum absolute atomic E-state index is 0.499. The van der Waals surface area contributed by atoms with Gasteiger partial charge in [0.1, 0.15) is 0 Å². The number of thioether (sulfide) groups is 1. The van der Waals surface area contributed by atoms with Crippen molar-refractivity contribution in [2.45, 2.75) is 19.9 Å². The van der Waals surface area contributed by atoms with Gasteiger partial charge < -0.3 is 10.6 Å². The van der Waals surface area contributed by atoms with E-state index in [0.717, 1.165) is 18.8 Å². The molecule has 2 rings (SSSR count). The van der Waals surface area contributed by atoms with Gasteiger partial charge in [-0.1, -0.05) is 18.2 Å². The van der Waals surface area contributed by atoms with Crippen molar-refractivity contribution in [3.8, 4) is 0 Å². The van der Waals surface area contributed by atoms with Gasteiger partial charge in [-0.2, -0.15) is 11.8 Å². The topological polar surface area (TPSA) is 29.3 Å². The van der Waals surface area contributed by atoms with Gasteiger partial charge in [0.15, 0.2) is 0 Å². The maximum absolute atomic E-state index is 5.88. The van der Waals surface area contributed by atoms with Crippen molar-refractivity contribution in [3.63, 3.8) is 0 Å². The normalized spacial score (nSPS) is 21.2. The van der Waals surface area contributed by atoms with E-state index in [4.69, 9.17) is 5.73 Å². The Balaban J connectivity index is 2.34. The minimum Gasteiger partial charge on any atom is -0.365 e. The monoisotopic (exact) mass is 236 g/mol. The first-order valence-electron chi connectivity index (χ1n) is 5.84. The molecule has 0 amide bonds. The number of aryl methyl sites for hydroxylation is 2. The van der Waals surface area contributed by atoms with Crippen LogP contribution < -0.4 is 10.6 Å².